The number of hydrogen-bond donors (Lipinski definition) is 0. The molecule has 2 saturated heterocycles. The first-order valence-corrected chi connectivity index (χ1v) is 6.51. The fourth-order valence-electron chi connectivity index (χ4n) is 3.28. The van der Waals surface area contributed by atoms with Gasteiger partial charge in [0, 0.05) is 57.0 Å². The molecule has 0 atom stereocenters. The minimum atomic E-state index is 0.288. The Hall–Kier alpha value is -1.36. The Balaban J connectivity index is 1.45. The van der Waals surface area contributed by atoms with E-state index in [1.165, 1.54) is 0 Å². The smallest absolute Gasteiger partial charge is 0.223 e. The zero-order valence-electron chi connectivity index (χ0n) is 11.1. The largest absolute Gasteiger partial charge is 0.341 e. The van der Waals surface area contributed by atoms with E-state index in [9.17, 15) is 4.79 Å². The van der Waals surface area contributed by atoms with Crippen LogP contribution in [0.3, 0.4) is 0 Å². The van der Waals surface area contributed by atoms with E-state index in [0.717, 1.165) is 38.3 Å². The number of carbonyl (C=O) groups is 1. The molecule has 0 bridgehead atoms. The Morgan fingerprint density at radius 1 is 1.33 bits per heavy atom. The molecule has 0 unspecified atom stereocenters. The summed E-state index contributed by atoms with van der Waals surface area (Å²) in [5.74, 6) is 0.288. The number of nitrogens with zero attached hydrogens (tertiary/aromatic N) is 4. The molecule has 3 rings (SSSR count). The Bertz CT molecular complexity index is 453. The van der Waals surface area contributed by atoms with Gasteiger partial charge in [-0.1, -0.05) is 0 Å². The number of carbonyl (C=O) groups excluding carboxylic acids is 1. The van der Waals surface area contributed by atoms with E-state index in [0.29, 0.717) is 11.8 Å². The molecule has 0 aromatic carbocycles. The third kappa shape index (κ3) is 1.92. The van der Waals surface area contributed by atoms with Gasteiger partial charge in [0.1, 0.15) is 0 Å². The highest BCUT2D eigenvalue weighted by molar-refractivity contribution is 5.77. The lowest BCUT2D eigenvalue weighted by Gasteiger charge is -2.59. The minimum Gasteiger partial charge on any atom is -0.341 e. The summed E-state index contributed by atoms with van der Waals surface area (Å²) < 4.78 is 1.84. The van der Waals surface area contributed by atoms with Crippen LogP contribution in [0.4, 0.5) is 0 Å². The highest BCUT2D eigenvalue weighted by Crippen LogP contribution is 2.38. The van der Waals surface area contributed by atoms with E-state index < -0.39 is 0 Å². The molecule has 5 heteroatoms. The topological polar surface area (TPSA) is 41.4 Å². The Morgan fingerprint density at radius 3 is 2.61 bits per heavy atom. The van der Waals surface area contributed by atoms with Crippen molar-refractivity contribution in [1.29, 1.82) is 0 Å². The average molecular weight is 248 g/mol. The Morgan fingerprint density at radius 2 is 2.06 bits per heavy atom. The van der Waals surface area contributed by atoms with Gasteiger partial charge in [-0.05, 0) is 19.5 Å². The van der Waals surface area contributed by atoms with Crippen LogP contribution in [0.25, 0.3) is 0 Å². The zero-order chi connectivity index (χ0) is 12.8. The van der Waals surface area contributed by atoms with E-state index in [1.807, 2.05) is 22.7 Å². The molecular weight excluding hydrogens is 228 g/mol. The molecule has 2 fully saturated rings. The van der Waals surface area contributed by atoms with Crippen LogP contribution >= 0.6 is 0 Å². The van der Waals surface area contributed by atoms with Crippen molar-refractivity contribution in [3.05, 3.63) is 18.0 Å². The molecule has 0 N–H and O–H groups in total. The van der Waals surface area contributed by atoms with Gasteiger partial charge >= 0.3 is 0 Å². The maximum Gasteiger partial charge on any atom is 0.223 e. The van der Waals surface area contributed by atoms with Crippen LogP contribution in [0.5, 0.6) is 0 Å². The second-order valence-corrected chi connectivity index (χ2v) is 5.87. The molecule has 3 heterocycles. The first kappa shape index (κ1) is 11.7. The number of aromatic nitrogens is 2. The third-order valence-electron chi connectivity index (χ3n) is 4.13. The summed E-state index contributed by atoms with van der Waals surface area (Å²) in [4.78, 5) is 16.3. The van der Waals surface area contributed by atoms with Gasteiger partial charge in [-0.2, -0.15) is 5.10 Å². The first-order chi connectivity index (χ1) is 8.58. The van der Waals surface area contributed by atoms with E-state index >= 15 is 0 Å². The summed E-state index contributed by atoms with van der Waals surface area (Å²) >= 11 is 0. The molecule has 18 heavy (non-hydrogen) atoms. The fraction of sp³-hybridized carbons (Fsp3) is 0.692. The molecule has 0 radical (unpaired) electrons. The summed E-state index contributed by atoms with van der Waals surface area (Å²) in [6, 6.07) is 1.98. The van der Waals surface area contributed by atoms with Gasteiger partial charge in [-0.25, -0.2) is 0 Å². The zero-order valence-corrected chi connectivity index (χ0v) is 11.1. The van der Waals surface area contributed by atoms with Crippen LogP contribution in [0.1, 0.15) is 12.1 Å². The van der Waals surface area contributed by atoms with Crippen LogP contribution in [0.15, 0.2) is 12.3 Å². The molecule has 98 valence electrons. The van der Waals surface area contributed by atoms with Gasteiger partial charge < -0.3 is 9.80 Å². The van der Waals surface area contributed by atoms with Gasteiger partial charge in [0.05, 0.1) is 0 Å². The Kier molecular flexibility index (Phi) is 2.66. The van der Waals surface area contributed by atoms with Crippen molar-refractivity contribution >= 4 is 5.91 Å². The van der Waals surface area contributed by atoms with Crippen molar-refractivity contribution in [2.75, 3.05) is 33.2 Å². The SMILES string of the molecule is CN1CC2(C1)CN(C(=O)CCc1ccnn1C)C2. The average Bonchev–Trinajstić information content (AvgIpc) is 2.64. The monoisotopic (exact) mass is 248 g/mol. The second kappa shape index (κ2) is 4.09. The standard InChI is InChI=1S/C13H20N4O/c1-15-7-13(8-15)9-17(10-13)12(18)4-3-11-5-6-14-16(11)2/h5-6H,3-4,7-10H2,1-2H3. The van der Waals surface area contributed by atoms with Crippen molar-refractivity contribution in [3.8, 4) is 0 Å². The van der Waals surface area contributed by atoms with Gasteiger partial charge in [-0.15, -0.1) is 0 Å². The second-order valence-electron chi connectivity index (χ2n) is 5.87. The number of rotatable bonds is 3. The lowest BCUT2D eigenvalue weighted by atomic mass is 9.73. The first-order valence-electron chi connectivity index (χ1n) is 6.51. The van der Waals surface area contributed by atoms with Gasteiger partial charge in [0.15, 0.2) is 0 Å². The van der Waals surface area contributed by atoms with Crippen LogP contribution in [0.2, 0.25) is 0 Å². The van der Waals surface area contributed by atoms with E-state index in [-0.39, 0.29) is 5.91 Å². The summed E-state index contributed by atoms with van der Waals surface area (Å²) in [6.07, 6.45) is 3.17. The van der Waals surface area contributed by atoms with Crippen molar-refractivity contribution in [3.63, 3.8) is 0 Å². The van der Waals surface area contributed by atoms with E-state index in [2.05, 4.69) is 17.0 Å². The quantitative estimate of drug-likeness (QED) is 0.763. The summed E-state index contributed by atoms with van der Waals surface area (Å²) in [7, 11) is 4.06. The molecule has 1 spiro atoms. The summed E-state index contributed by atoms with van der Waals surface area (Å²) in [5.41, 5.74) is 1.57. The van der Waals surface area contributed by atoms with Crippen molar-refractivity contribution in [1.82, 2.24) is 19.6 Å². The molecule has 1 amide bonds. The van der Waals surface area contributed by atoms with Crippen molar-refractivity contribution < 1.29 is 4.79 Å². The highest BCUT2D eigenvalue weighted by atomic mass is 16.2. The molecule has 2 aliphatic rings. The van der Waals surface area contributed by atoms with Crippen LogP contribution < -0.4 is 0 Å². The van der Waals surface area contributed by atoms with Gasteiger partial charge in [0.2, 0.25) is 5.91 Å². The van der Waals surface area contributed by atoms with Crippen LogP contribution in [0, 0.1) is 5.41 Å². The van der Waals surface area contributed by atoms with E-state index in [1.54, 1.807) is 6.20 Å². The molecule has 1 aromatic rings. The third-order valence-corrected chi connectivity index (χ3v) is 4.13. The van der Waals surface area contributed by atoms with Crippen LogP contribution in [-0.4, -0.2) is 58.7 Å². The molecule has 0 aliphatic carbocycles. The lowest BCUT2D eigenvalue weighted by molar-refractivity contribution is -0.156. The Labute approximate surface area is 107 Å². The maximum atomic E-state index is 12.0. The molecule has 0 saturated carbocycles. The molecule has 1 aromatic heterocycles. The summed E-state index contributed by atoms with van der Waals surface area (Å²) in [5, 5.41) is 4.11. The molecule has 5 nitrogen and oxygen atoms in total. The number of amides is 1. The predicted octanol–water partition coefficient (Wildman–Crippen LogP) is 0.127. The normalized spacial score (nSPS) is 21.8. The molecule has 2 aliphatic heterocycles. The van der Waals surface area contributed by atoms with Gasteiger partial charge in [0.25, 0.3) is 0 Å². The van der Waals surface area contributed by atoms with Crippen molar-refractivity contribution in [2.24, 2.45) is 12.5 Å². The predicted molar refractivity (Wildman–Crippen MR) is 68.0 cm³/mol. The summed E-state index contributed by atoms with van der Waals surface area (Å²) in [6.45, 7) is 4.22. The van der Waals surface area contributed by atoms with Crippen LogP contribution in [-0.2, 0) is 18.3 Å². The maximum absolute atomic E-state index is 12.0. The fourth-order valence-corrected chi connectivity index (χ4v) is 3.28. The van der Waals surface area contributed by atoms with Gasteiger partial charge in [-0.3, -0.25) is 9.48 Å². The lowest BCUT2D eigenvalue weighted by Crippen LogP contribution is -2.72. The minimum absolute atomic E-state index is 0.288. The number of aryl methyl sites for hydroxylation is 2. The highest BCUT2D eigenvalue weighted by Gasteiger charge is 2.51. The van der Waals surface area contributed by atoms with Crippen molar-refractivity contribution in [2.45, 2.75) is 12.8 Å². The van der Waals surface area contributed by atoms with E-state index in [4.69, 9.17) is 0 Å². The number of hydrogen-bond acceptors (Lipinski definition) is 3. The molecular formula is C13H20N4O. The number of likely N-dealkylation sites (tertiary alicyclic amines) is 2.